The van der Waals surface area contributed by atoms with E-state index >= 15 is 0 Å². The summed E-state index contributed by atoms with van der Waals surface area (Å²) >= 11 is 1.77. The van der Waals surface area contributed by atoms with Crippen molar-refractivity contribution in [2.45, 2.75) is 39.2 Å². The zero-order valence-electron chi connectivity index (χ0n) is 16.2. The van der Waals surface area contributed by atoms with Crippen LogP contribution in [-0.2, 0) is 24.2 Å². The molecule has 2 aromatic heterocycles. The van der Waals surface area contributed by atoms with Crippen LogP contribution in [-0.4, -0.2) is 29.7 Å². The molecule has 1 unspecified atom stereocenters. The summed E-state index contributed by atoms with van der Waals surface area (Å²) in [6.07, 6.45) is 4.83. The van der Waals surface area contributed by atoms with Crippen molar-refractivity contribution in [1.29, 1.82) is 0 Å². The van der Waals surface area contributed by atoms with Gasteiger partial charge in [-0.15, -0.1) is 21.5 Å². The highest BCUT2D eigenvalue weighted by Crippen LogP contribution is 2.35. The number of quaternary nitrogens is 1. The maximum atomic E-state index is 12.2. The zero-order valence-corrected chi connectivity index (χ0v) is 17.1. The fraction of sp³-hybridized carbons (Fsp3) is 0.381. The highest BCUT2D eigenvalue weighted by atomic mass is 32.1. The van der Waals surface area contributed by atoms with Gasteiger partial charge in [0, 0.05) is 10.6 Å². The number of amides is 1. The van der Waals surface area contributed by atoms with Gasteiger partial charge in [0.05, 0.1) is 11.9 Å². The maximum absolute atomic E-state index is 12.2. The summed E-state index contributed by atoms with van der Waals surface area (Å²) in [6, 6.07) is 9.98. The molecule has 0 fully saturated rings. The van der Waals surface area contributed by atoms with Crippen LogP contribution in [0.4, 0.5) is 5.69 Å². The molecule has 3 aromatic rings. The van der Waals surface area contributed by atoms with Crippen molar-refractivity contribution in [2.75, 3.05) is 18.9 Å². The van der Waals surface area contributed by atoms with Crippen LogP contribution in [0.3, 0.4) is 0 Å². The van der Waals surface area contributed by atoms with E-state index in [0.29, 0.717) is 24.9 Å². The third-order valence-corrected chi connectivity index (χ3v) is 6.15. The maximum Gasteiger partial charge on any atom is 0.279 e. The van der Waals surface area contributed by atoms with Crippen molar-refractivity contribution < 1.29 is 14.1 Å². The monoisotopic (exact) mass is 397 g/mol. The number of hydrogen-bond donors (Lipinski definition) is 2. The Bertz CT molecular complexity index is 938. The van der Waals surface area contributed by atoms with Crippen LogP contribution in [0.5, 0.6) is 0 Å². The molecule has 0 radical (unpaired) electrons. The number of rotatable bonds is 6. The van der Waals surface area contributed by atoms with E-state index in [9.17, 15) is 4.79 Å². The fourth-order valence-corrected chi connectivity index (χ4v) is 4.63. The standard InChI is InChI=1S/C21H24N4O2S/c1-14-7-9-16(10-8-14)22-19(26)12-25(2)13-20-23-24-21(27-20)18-11-15-5-3-4-6-17(15)28-18/h7-11H,3-6,12-13H2,1-2H3,(H,22,26)/p+1. The number of hydrogen-bond acceptors (Lipinski definition) is 5. The van der Waals surface area contributed by atoms with Crippen molar-refractivity contribution >= 4 is 22.9 Å². The highest BCUT2D eigenvalue weighted by molar-refractivity contribution is 7.15. The Morgan fingerprint density at radius 1 is 1.21 bits per heavy atom. The van der Waals surface area contributed by atoms with Crippen molar-refractivity contribution in [3.8, 4) is 10.8 Å². The normalized spacial score (nSPS) is 14.5. The van der Waals surface area contributed by atoms with Crippen LogP contribution in [0.15, 0.2) is 34.7 Å². The Labute approximate surface area is 168 Å². The molecule has 4 rings (SSSR count). The summed E-state index contributed by atoms with van der Waals surface area (Å²) in [7, 11) is 1.95. The Kier molecular flexibility index (Phi) is 5.54. The molecule has 6 nitrogen and oxygen atoms in total. The molecule has 0 saturated heterocycles. The number of carbonyl (C=O) groups excluding carboxylic acids is 1. The van der Waals surface area contributed by atoms with E-state index in [-0.39, 0.29) is 5.91 Å². The average Bonchev–Trinajstić information content (AvgIpc) is 3.30. The second kappa shape index (κ2) is 8.24. The summed E-state index contributed by atoms with van der Waals surface area (Å²) in [5.41, 5.74) is 3.41. The van der Waals surface area contributed by atoms with Crippen LogP contribution in [0.25, 0.3) is 10.8 Å². The van der Waals surface area contributed by atoms with Gasteiger partial charge in [-0.05, 0) is 56.4 Å². The SMILES string of the molecule is Cc1ccc(NC(=O)C[NH+](C)Cc2nnc(-c3cc4c(s3)CCCC4)o2)cc1. The third kappa shape index (κ3) is 4.48. The molecule has 0 bridgehead atoms. The lowest BCUT2D eigenvalue weighted by molar-refractivity contribution is -0.886. The Morgan fingerprint density at radius 3 is 2.79 bits per heavy atom. The van der Waals surface area contributed by atoms with Gasteiger partial charge in [-0.3, -0.25) is 4.79 Å². The predicted molar refractivity (Wildman–Crippen MR) is 110 cm³/mol. The molecule has 2 heterocycles. The van der Waals surface area contributed by atoms with Gasteiger partial charge in [0.2, 0.25) is 0 Å². The summed E-state index contributed by atoms with van der Waals surface area (Å²) in [4.78, 5) is 15.7. The number of nitrogens with one attached hydrogen (secondary N) is 2. The number of carbonyl (C=O) groups is 1. The largest absolute Gasteiger partial charge is 0.414 e. The number of anilines is 1. The first-order valence-corrected chi connectivity index (χ1v) is 10.5. The van der Waals surface area contributed by atoms with E-state index in [1.165, 1.54) is 28.8 Å². The molecular formula is C21H25N4O2S+. The molecule has 1 amide bonds. The molecule has 1 aliphatic rings. The fourth-order valence-electron chi connectivity index (χ4n) is 3.46. The molecule has 7 heteroatoms. The Morgan fingerprint density at radius 2 is 2.00 bits per heavy atom. The number of thiophene rings is 1. The number of aryl methyl sites for hydroxylation is 3. The van der Waals surface area contributed by atoms with Crippen LogP contribution >= 0.6 is 11.3 Å². The second-order valence-electron chi connectivity index (χ2n) is 7.49. The van der Waals surface area contributed by atoms with Gasteiger partial charge < -0.3 is 14.6 Å². The van der Waals surface area contributed by atoms with E-state index < -0.39 is 0 Å². The molecule has 1 aliphatic carbocycles. The molecule has 0 aliphatic heterocycles. The molecule has 0 spiro atoms. The molecule has 146 valence electrons. The predicted octanol–water partition coefficient (Wildman–Crippen LogP) is 2.64. The minimum atomic E-state index is -0.0352. The lowest BCUT2D eigenvalue weighted by Crippen LogP contribution is -3.08. The first-order chi connectivity index (χ1) is 13.6. The zero-order chi connectivity index (χ0) is 19.5. The second-order valence-corrected chi connectivity index (χ2v) is 8.63. The number of fused-ring (bicyclic) bond motifs is 1. The molecular weight excluding hydrogens is 372 g/mol. The van der Waals surface area contributed by atoms with E-state index in [2.05, 4.69) is 21.6 Å². The Balaban J connectivity index is 1.33. The molecule has 28 heavy (non-hydrogen) atoms. The lowest BCUT2D eigenvalue weighted by atomic mass is 9.99. The van der Waals surface area contributed by atoms with Crippen molar-refractivity contribution in [3.63, 3.8) is 0 Å². The average molecular weight is 398 g/mol. The minimum absolute atomic E-state index is 0.0352. The summed E-state index contributed by atoms with van der Waals surface area (Å²) < 4.78 is 5.87. The molecule has 1 aromatic carbocycles. The van der Waals surface area contributed by atoms with Gasteiger partial charge in [0.25, 0.3) is 17.7 Å². The first-order valence-electron chi connectivity index (χ1n) is 9.69. The lowest BCUT2D eigenvalue weighted by Gasteiger charge is -2.11. The van der Waals surface area contributed by atoms with Gasteiger partial charge in [0.15, 0.2) is 13.1 Å². The van der Waals surface area contributed by atoms with Gasteiger partial charge in [-0.25, -0.2) is 0 Å². The first kappa shape index (κ1) is 18.8. The van der Waals surface area contributed by atoms with Gasteiger partial charge in [0.1, 0.15) is 0 Å². The molecule has 1 atom stereocenters. The topological polar surface area (TPSA) is 72.5 Å². The quantitative estimate of drug-likeness (QED) is 0.671. The van der Waals surface area contributed by atoms with Crippen LogP contribution in [0.2, 0.25) is 0 Å². The number of nitrogens with zero attached hydrogens (tertiary/aromatic N) is 2. The van der Waals surface area contributed by atoms with E-state index in [4.69, 9.17) is 4.42 Å². The highest BCUT2D eigenvalue weighted by Gasteiger charge is 2.19. The number of likely N-dealkylation sites (N-methyl/N-ethyl adjacent to an activating group) is 1. The van der Waals surface area contributed by atoms with Gasteiger partial charge >= 0.3 is 0 Å². The van der Waals surface area contributed by atoms with E-state index in [1.807, 2.05) is 38.2 Å². The minimum Gasteiger partial charge on any atom is -0.414 e. The van der Waals surface area contributed by atoms with Gasteiger partial charge in [-0.2, -0.15) is 0 Å². The summed E-state index contributed by atoms with van der Waals surface area (Å²) in [5.74, 6) is 1.11. The van der Waals surface area contributed by atoms with Crippen LogP contribution in [0.1, 0.15) is 34.7 Å². The van der Waals surface area contributed by atoms with E-state index in [1.54, 1.807) is 11.3 Å². The number of benzene rings is 1. The van der Waals surface area contributed by atoms with Crippen LogP contribution in [0, 0.1) is 6.92 Å². The smallest absolute Gasteiger partial charge is 0.279 e. The third-order valence-electron chi connectivity index (χ3n) is 4.92. The van der Waals surface area contributed by atoms with Gasteiger partial charge in [-0.1, -0.05) is 17.7 Å². The van der Waals surface area contributed by atoms with Crippen molar-refractivity contribution in [3.05, 3.63) is 52.2 Å². The van der Waals surface area contributed by atoms with Crippen molar-refractivity contribution in [1.82, 2.24) is 10.2 Å². The summed E-state index contributed by atoms with van der Waals surface area (Å²) in [6.45, 7) is 2.87. The van der Waals surface area contributed by atoms with Crippen LogP contribution < -0.4 is 10.2 Å². The number of aromatic nitrogens is 2. The molecule has 2 N–H and O–H groups in total. The summed E-state index contributed by atoms with van der Waals surface area (Å²) in [5, 5.41) is 11.3. The molecule has 0 saturated carbocycles. The Hall–Kier alpha value is -2.51. The van der Waals surface area contributed by atoms with Crippen molar-refractivity contribution in [2.24, 2.45) is 0 Å². The van der Waals surface area contributed by atoms with E-state index in [0.717, 1.165) is 28.3 Å².